The highest BCUT2D eigenvalue weighted by molar-refractivity contribution is 7.89. The number of anilines is 1. The summed E-state index contributed by atoms with van der Waals surface area (Å²) in [7, 11) is -3.80. The summed E-state index contributed by atoms with van der Waals surface area (Å²) in [4.78, 5) is 24.4. The third-order valence-corrected chi connectivity index (χ3v) is 6.55. The Morgan fingerprint density at radius 2 is 1.57 bits per heavy atom. The SMILES string of the molecule is O=C(COC(=O)c1ccc(S(=O)(=O)NCc2ccco2)cc1)Nc1ccc(OCc2ccccc2)cc1. The van der Waals surface area contributed by atoms with Gasteiger partial charge in [0, 0.05) is 5.69 Å². The summed E-state index contributed by atoms with van der Waals surface area (Å²) in [5, 5.41) is 2.64. The van der Waals surface area contributed by atoms with Gasteiger partial charge in [0.25, 0.3) is 5.91 Å². The van der Waals surface area contributed by atoms with E-state index in [9.17, 15) is 18.0 Å². The molecule has 0 saturated carbocycles. The second-order valence-electron chi connectivity index (χ2n) is 7.85. The normalized spacial score (nSPS) is 11.0. The fraction of sp³-hybridized carbons (Fsp3) is 0.111. The van der Waals surface area contributed by atoms with Crippen LogP contribution in [0.1, 0.15) is 21.7 Å². The topological polar surface area (TPSA) is 124 Å². The molecule has 0 aliphatic carbocycles. The standard InChI is InChI=1S/C27H24N2O7S/c30-26(29-22-10-12-23(13-11-22)35-18-20-5-2-1-3-6-20)19-36-27(31)21-8-14-25(15-9-21)37(32,33)28-17-24-7-4-16-34-24/h1-16,28H,17-19H2,(H,29,30). The van der Waals surface area contributed by atoms with Crippen molar-refractivity contribution in [3.05, 3.63) is 114 Å². The lowest BCUT2D eigenvalue weighted by Crippen LogP contribution is -2.23. The number of hydrogen-bond acceptors (Lipinski definition) is 7. The Hall–Kier alpha value is -4.41. The number of sulfonamides is 1. The van der Waals surface area contributed by atoms with Crippen LogP contribution in [0.3, 0.4) is 0 Å². The van der Waals surface area contributed by atoms with Crippen LogP contribution in [0, 0.1) is 0 Å². The van der Waals surface area contributed by atoms with E-state index < -0.39 is 28.5 Å². The molecule has 0 atom stereocenters. The van der Waals surface area contributed by atoms with Gasteiger partial charge in [-0.2, -0.15) is 0 Å². The van der Waals surface area contributed by atoms with E-state index in [0.717, 1.165) is 5.56 Å². The predicted octanol–water partition coefficient (Wildman–Crippen LogP) is 4.13. The summed E-state index contributed by atoms with van der Waals surface area (Å²) in [5.74, 6) is -0.163. The molecule has 0 saturated heterocycles. The van der Waals surface area contributed by atoms with Crippen molar-refractivity contribution in [1.29, 1.82) is 0 Å². The molecular formula is C27H24N2O7S. The fourth-order valence-electron chi connectivity index (χ4n) is 3.22. The average Bonchev–Trinajstić information content (AvgIpc) is 3.45. The summed E-state index contributed by atoms with van der Waals surface area (Å²) in [5.41, 5.74) is 1.67. The molecule has 1 amide bonds. The van der Waals surface area contributed by atoms with Crippen LogP contribution in [0.5, 0.6) is 5.75 Å². The highest BCUT2D eigenvalue weighted by Crippen LogP contribution is 2.17. The van der Waals surface area contributed by atoms with Crippen LogP contribution in [0.15, 0.2) is 107 Å². The number of esters is 1. The predicted molar refractivity (Wildman–Crippen MR) is 135 cm³/mol. The Bertz CT molecular complexity index is 1420. The number of carbonyl (C=O) groups is 2. The largest absolute Gasteiger partial charge is 0.489 e. The lowest BCUT2D eigenvalue weighted by molar-refractivity contribution is -0.119. The van der Waals surface area contributed by atoms with Crippen molar-refractivity contribution in [2.45, 2.75) is 18.0 Å². The lowest BCUT2D eigenvalue weighted by atomic mass is 10.2. The van der Waals surface area contributed by atoms with E-state index in [1.54, 1.807) is 36.4 Å². The van der Waals surface area contributed by atoms with Crippen LogP contribution in [0.25, 0.3) is 0 Å². The van der Waals surface area contributed by atoms with Gasteiger partial charge in [-0.1, -0.05) is 30.3 Å². The molecule has 4 aromatic rings. The molecule has 0 aliphatic heterocycles. The van der Waals surface area contributed by atoms with Gasteiger partial charge in [-0.3, -0.25) is 4.79 Å². The highest BCUT2D eigenvalue weighted by atomic mass is 32.2. The van der Waals surface area contributed by atoms with Gasteiger partial charge in [-0.05, 0) is 66.2 Å². The number of rotatable bonds is 11. The molecule has 0 fully saturated rings. The molecular weight excluding hydrogens is 496 g/mol. The molecule has 2 N–H and O–H groups in total. The quantitative estimate of drug-likeness (QED) is 0.285. The molecule has 9 nitrogen and oxygen atoms in total. The Labute approximate surface area is 214 Å². The number of benzene rings is 3. The van der Waals surface area contributed by atoms with Gasteiger partial charge in [0.15, 0.2) is 6.61 Å². The van der Waals surface area contributed by atoms with Crippen molar-refractivity contribution in [3.63, 3.8) is 0 Å². The Kier molecular flexibility index (Phi) is 8.34. The van der Waals surface area contributed by atoms with Gasteiger partial charge in [0.1, 0.15) is 18.1 Å². The molecule has 10 heteroatoms. The summed E-state index contributed by atoms with van der Waals surface area (Å²) in [6, 6.07) is 25.0. The van der Waals surface area contributed by atoms with E-state index in [1.165, 1.54) is 30.5 Å². The fourth-order valence-corrected chi connectivity index (χ4v) is 4.21. The van der Waals surface area contributed by atoms with Crippen LogP contribution in [-0.2, 0) is 32.7 Å². The van der Waals surface area contributed by atoms with Gasteiger partial charge < -0.3 is 19.2 Å². The maximum atomic E-state index is 12.4. The summed E-state index contributed by atoms with van der Waals surface area (Å²) in [6.45, 7) is -0.0790. The van der Waals surface area contributed by atoms with E-state index in [1.807, 2.05) is 30.3 Å². The van der Waals surface area contributed by atoms with Crippen molar-refractivity contribution in [2.24, 2.45) is 0 Å². The number of nitrogens with one attached hydrogen (secondary N) is 2. The van der Waals surface area contributed by atoms with Crippen molar-refractivity contribution in [1.82, 2.24) is 4.72 Å². The molecule has 4 rings (SSSR count). The number of carbonyl (C=O) groups excluding carboxylic acids is 2. The van der Waals surface area contributed by atoms with Crippen molar-refractivity contribution in [3.8, 4) is 5.75 Å². The molecule has 1 aromatic heterocycles. The van der Waals surface area contributed by atoms with Crippen LogP contribution in [0.4, 0.5) is 5.69 Å². The number of hydrogen-bond donors (Lipinski definition) is 2. The lowest BCUT2D eigenvalue weighted by Gasteiger charge is -2.09. The molecule has 0 unspecified atom stereocenters. The zero-order valence-corrected chi connectivity index (χ0v) is 20.4. The summed E-state index contributed by atoms with van der Waals surface area (Å²) >= 11 is 0. The maximum Gasteiger partial charge on any atom is 0.338 e. The minimum atomic E-state index is -3.80. The average molecular weight is 521 g/mol. The first kappa shape index (κ1) is 25.7. The van der Waals surface area contributed by atoms with E-state index in [-0.39, 0.29) is 17.0 Å². The second-order valence-corrected chi connectivity index (χ2v) is 9.62. The molecule has 1 heterocycles. The molecule has 0 aliphatic rings. The van der Waals surface area contributed by atoms with Gasteiger partial charge in [-0.15, -0.1) is 0 Å². The minimum Gasteiger partial charge on any atom is -0.489 e. The van der Waals surface area contributed by atoms with Crippen molar-refractivity contribution >= 4 is 27.6 Å². The molecule has 37 heavy (non-hydrogen) atoms. The first-order valence-electron chi connectivity index (χ1n) is 11.2. The maximum absolute atomic E-state index is 12.4. The van der Waals surface area contributed by atoms with E-state index in [4.69, 9.17) is 13.9 Å². The zero-order valence-electron chi connectivity index (χ0n) is 19.6. The molecule has 3 aromatic carbocycles. The monoisotopic (exact) mass is 520 g/mol. The van der Waals surface area contributed by atoms with E-state index in [2.05, 4.69) is 10.0 Å². The second kappa shape index (κ2) is 12.0. The number of ether oxygens (including phenoxy) is 2. The van der Waals surface area contributed by atoms with Gasteiger partial charge >= 0.3 is 5.97 Å². The molecule has 0 spiro atoms. The zero-order chi connectivity index (χ0) is 26.1. The Morgan fingerprint density at radius 1 is 0.838 bits per heavy atom. The third kappa shape index (κ3) is 7.53. The molecule has 0 radical (unpaired) electrons. The summed E-state index contributed by atoms with van der Waals surface area (Å²) in [6.07, 6.45) is 1.45. The number of furan rings is 1. The van der Waals surface area contributed by atoms with Crippen LogP contribution < -0.4 is 14.8 Å². The van der Waals surface area contributed by atoms with Gasteiger partial charge in [0.05, 0.1) is 23.3 Å². The summed E-state index contributed by atoms with van der Waals surface area (Å²) < 4.78 is 43.0. The van der Waals surface area contributed by atoms with Crippen molar-refractivity contribution < 1.29 is 31.9 Å². The molecule has 0 bridgehead atoms. The van der Waals surface area contributed by atoms with Crippen LogP contribution in [-0.4, -0.2) is 26.9 Å². The van der Waals surface area contributed by atoms with Crippen LogP contribution >= 0.6 is 0 Å². The smallest absolute Gasteiger partial charge is 0.338 e. The number of amides is 1. The minimum absolute atomic E-state index is 0.00230. The third-order valence-electron chi connectivity index (χ3n) is 5.14. The molecule has 190 valence electrons. The first-order chi connectivity index (χ1) is 17.9. The highest BCUT2D eigenvalue weighted by Gasteiger charge is 2.16. The van der Waals surface area contributed by atoms with Gasteiger partial charge in [0.2, 0.25) is 10.0 Å². The first-order valence-corrected chi connectivity index (χ1v) is 12.7. The Morgan fingerprint density at radius 3 is 2.24 bits per heavy atom. The van der Waals surface area contributed by atoms with Crippen molar-refractivity contribution in [2.75, 3.05) is 11.9 Å². The van der Waals surface area contributed by atoms with E-state index in [0.29, 0.717) is 23.8 Å². The van der Waals surface area contributed by atoms with Gasteiger partial charge in [-0.25, -0.2) is 17.9 Å². The Balaban J connectivity index is 1.22. The van der Waals surface area contributed by atoms with E-state index >= 15 is 0 Å². The van der Waals surface area contributed by atoms with Crippen LogP contribution in [0.2, 0.25) is 0 Å².